The van der Waals surface area contributed by atoms with E-state index < -0.39 is 6.10 Å². The Morgan fingerprint density at radius 2 is 1.95 bits per heavy atom. The molecule has 0 aliphatic heterocycles. The molecular weight excluding hydrogens is 294 g/mol. The number of aliphatic hydroxyl groups excluding tert-OH is 1. The van der Waals surface area contributed by atoms with Gasteiger partial charge in [0.25, 0.3) is 0 Å². The molecule has 0 aliphatic rings. The molecule has 4 heteroatoms. The first-order valence-electron chi connectivity index (χ1n) is 7.17. The third-order valence-corrected chi connectivity index (χ3v) is 4.30. The lowest BCUT2D eigenvalue weighted by atomic mass is 10.0. The molecular formula is C18H17NO2S. The van der Waals surface area contributed by atoms with Crippen LogP contribution in [0.5, 0.6) is 0 Å². The largest absolute Gasteiger partial charge is 0.387 e. The van der Waals surface area contributed by atoms with Crippen molar-refractivity contribution < 1.29 is 9.90 Å². The molecule has 0 saturated carbocycles. The van der Waals surface area contributed by atoms with E-state index in [2.05, 4.69) is 11.4 Å². The van der Waals surface area contributed by atoms with Crippen molar-refractivity contribution in [2.24, 2.45) is 0 Å². The van der Waals surface area contributed by atoms with E-state index >= 15 is 0 Å². The fourth-order valence-corrected chi connectivity index (χ4v) is 3.10. The van der Waals surface area contributed by atoms with Crippen LogP contribution in [0.3, 0.4) is 0 Å². The highest BCUT2D eigenvalue weighted by Gasteiger charge is 2.10. The van der Waals surface area contributed by atoms with Gasteiger partial charge in [-0.3, -0.25) is 4.79 Å². The lowest BCUT2D eigenvalue weighted by molar-refractivity contribution is -0.120. The SMILES string of the molecule is O=C(Cc1ccc2ccccc2c1)NCC(O)c1ccsc1. The molecule has 1 aromatic heterocycles. The summed E-state index contributed by atoms with van der Waals surface area (Å²) in [4.78, 5) is 12.0. The highest BCUT2D eigenvalue weighted by atomic mass is 32.1. The maximum Gasteiger partial charge on any atom is 0.224 e. The summed E-state index contributed by atoms with van der Waals surface area (Å²) in [7, 11) is 0. The standard InChI is InChI=1S/C18H17NO2S/c20-17(16-7-8-22-12-16)11-19-18(21)10-13-5-6-14-3-1-2-4-15(14)9-13/h1-9,12,17,20H,10-11H2,(H,19,21). The third kappa shape index (κ3) is 3.53. The minimum atomic E-state index is -0.646. The summed E-state index contributed by atoms with van der Waals surface area (Å²) in [5.74, 6) is -0.0791. The monoisotopic (exact) mass is 311 g/mol. The van der Waals surface area contributed by atoms with E-state index in [0.29, 0.717) is 6.42 Å². The molecule has 0 fully saturated rings. The van der Waals surface area contributed by atoms with E-state index in [0.717, 1.165) is 16.5 Å². The van der Waals surface area contributed by atoms with Crippen molar-refractivity contribution in [3.8, 4) is 0 Å². The number of amides is 1. The van der Waals surface area contributed by atoms with Crippen molar-refractivity contribution in [2.75, 3.05) is 6.54 Å². The van der Waals surface area contributed by atoms with Crippen molar-refractivity contribution in [1.82, 2.24) is 5.32 Å². The molecule has 2 N–H and O–H groups in total. The molecule has 0 saturated heterocycles. The Bertz CT molecular complexity index is 768. The van der Waals surface area contributed by atoms with Crippen molar-refractivity contribution in [3.05, 3.63) is 70.4 Å². The van der Waals surface area contributed by atoms with Crippen LogP contribution >= 0.6 is 11.3 Å². The quantitative estimate of drug-likeness (QED) is 0.759. The zero-order valence-corrected chi connectivity index (χ0v) is 12.8. The first kappa shape index (κ1) is 14.8. The van der Waals surface area contributed by atoms with Gasteiger partial charge in [-0.1, -0.05) is 42.5 Å². The molecule has 1 heterocycles. The average molecular weight is 311 g/mol. The van der Waals surface area contributed by atoms with Crippen molar-refractivity contribution in [2.45, 2.75) is 12.5 Å². The first-order chi connectivity index (χ1) is 10.7. The van der Waals surface area contributed by atoms with Crippen LogP contribution in [0.25, 0.3) is 10.8 Å². The van der Waals surface area contributed by atoms with Gasteiger partial charge in [0, 0.05) is 6.54 Å². The number of rotatable bonds is 5. The van der Waals surface area contributed by atoms with Crippen LogP contribution in [0.1, 0.15) is 17.2 Å². The van der Waals surface area contributed by atoms with Gasteiger partial charge >= 0.3 is 0 Å². The lowest BCUT2D eigenvalue weighted by Gasteiger charge is -2.11. The molecule has 3 rings (SSSR count). The number of thiophene rings is 1. The number of carbonyl (C=O) groups is 1. The fourth-order valence-electron chi connectivity index (χ4n) is 2.39. The van der Waals surface area contributed by atoms with E-state index in [-0.39, 0.29) is 12.5 Å². The summed E-state index contributed by atoms with van der Waals surface area (Å²) in [6, 6.07) is 16.0. The Morgan fingerprint density at radius 1 is 1.14 bits per heavy atom. The van der Waals surface area contributed by atoms with Gasteiger partial charge in [0.15, 0.2) is 0 Å². The predicted molar refractivity (Wildman–Crippen MR) is 89.9 cm³/mol. The lowest BCUT2D eigenvalue weighted by Crippen LogP contribution is -2.29. The van der Waals surface area contributed by atoms with E-state index in [1.165, 1.54) is 16.7 Å². The van der Waals surface area contributed by atoms with Gasteiger partial charge in [-0.15, -0.1) is 0 Å². The van der Waals surface area contributed by atoms with E-state index in [9.17, 15) is 9.90 Å². The zero-order valence-electron chi connectivity index (χ0n) is 12.0. The van der Waals surface area contributed by atoms with Gasteiger partial charge in [0.05, 0.1) is 12.5 Å². The molecule has 0 radical (unpaired) electrons. The smallest absolute Gasteiger partial charge is 0.224 e. The summed E-state index contributed by atoms with van der Waals surface area (Å²) < 4.78 is 0. The van der Waals surface area contributed by atoms with Gasteiger partial charge < -0.3 is 10.4 Å². The molecule has 1 atom stereocenters. The normalized spacial score (nSPS) is 12.2. The van der Waals surface area contributed by atoms with E-state index in [1.807, 2.05) is 53.2 Å². The highest BCUT2D eigenvalue weighted by molar-refractivity contribution is 7.07. The number of hydrogen-bond donors (Lipinski definition) is 2. The van der Waals surface area contributed by atoms with Gasteiger partial charge in [-0.2, -0.15) is 11.3 Å². The number of benzene rings is 2. The molecule has 0 spiro atoms. The Balaban J connectivity index is 1.58. The first-order valence-corrected chi connectivity index (χ1v) is 8.11. The molecule has 3 nitrogen and oxygen atoms in total. The number of fused-ring (bicyclic) bond motifs is 1. The van der Waals surface area contributed by atoms with E-state index in [4.69, 9.17) is 0 Å². The number of nitrogens with one attached hydrogen (secondary N) is 1. The van der Waals surface area contributed by atoms with Crippen LogP contribution < -0.4 is 5.32 Å². The second-order valence-electron chi connectivity index (χ2n) is 5.23. The Kier molecular flexibility index (Phi) is 4.51. The second kappa shape index (κ2) is 6.73. The predicted octanol–water partition coefficient (Wildman–Crippen LogP) is 3.29. The number of hydrogen-bond acceptors (Lipinski definition) is 3. The third-order valence-electron chi connectivity index (χ3n) is 3.60. The molecule has 1 unspecified atom stereocenters. The van der Waals surface area contributed by atoms with Crippen LogP contribution in [-0.4, -0.2) is 17.6 Å². The van der Waals surface area contributed by atoms with Crippen LogP contribution in [-0.2, 0) is 11.2 Å². The average Bonchev–Trinajstić information content (AvgIpc) is 3.07. The summed E-state index contributed by atoms with van der Waals surface area (Å²) in [6.45, 7) is 0.239. The van der Waals surface area contributed by atoms with Crippen molar-refractivity contribution in [1.29, 1.82) is 0 Å². The minimum Gasteiger partial charge on any atom is -0.387 e. The molecule has 2 aromatic carbocycles. The van der Waals surface area contributed by atoms with Crippen LogP contribution in [0.2, 0.25) is 0 Å². The van der Waals surface area contributed by atoms with Crippen LogP contribution in [0.4, 0.5) is 0 Å². The minimum absolute atomic E-state index is 0.0791. The topological polar surface area (TPSA) is 49.3 Å². The highest BCUT2D eigenvalue weighted by Crippen LogP contribution is 2.17. The fraction of sp³-hybridized carbons (Fsp3) is 0.167. The summed E-state index contributed by atoms with van der Waals surface area (Å²) in [6.07, 6.45) is -0.326. The maximum absolute atomic E-state index is 12.0. The number of aliphatic hydroxyl groups is 1. The Morgan fingerprint density at radius 3 is 2.73 bits per heavy atom. The van der Waals surface area contributed by atoms with Crippen molar-refractivity contribution in [3.63, 3.8) is 0 Å². The van der Waals surface area contributed by atoms with E-state index in [1.54, 1.807) is 0 Å². The van der Waals surface area contributed by atoms with Crippen molar-refractivity contribution >= 4 is 28.0 Å². The van der Waals surface area contributed by atoms with Gasteiger partial charge in [0.1, 0.15) is 0 Å². The summed E-state index contributed by atoms with van der Waals surface area (Å²) in [5.41, 5.74) is 1.82. The molecule has 0 aliphatic carbocycles. The molecule has 3 aromatic rings. The van der Waals surface area contributed by atoms with Crippen LogP contribution in [0.15, 0.2) is 59.3 Å². The summed E-state index contributed by atoms with van der Waals surface area (Å²) >= 11 is 1.53. The number of carbonyl (C=O) groups excluding carboxylic acids is 1. The van der Waals surface area contributed by atoms with Gasteiger partial charge in [-0.25, -0.2) is 0 Å². The van der Waals surface area contributed by atoms with Gasteiger partial charge in [-0.05, 0) is 38.7 Å². The maximum atomic E-state index is 12.0. The second-order valence-corrected chi connectivity index (χ2v) is 6.01. The van der Waals surface area contributed by atoms with Crippen LogP contribution in [0, 0.1) is 0 Å². The Hall–Kier alpha value is -2.17. The molecule has 112 valence electrons. The summed E-state index contributed by atoms with van der Waals surface area (Å²) in [5, 5.41) is 18.8. The molecule has 1 amide bonds. The molecule has 22 heavy (non-hydrogen) atoms. The van der Waals surface area contributed by atoms with Gasteiger partial charge in [0.2, 0.25) is 5.91 Å². The Labute approximate surface area is 133 Å². The molecule has 0 bridgehead atoms. The zero-order chi connectivity index (χ0) is 15.4.